The molecule has 0 unspecified atom stereocenters. The van der Waals surface area contributed by atoms with Crippen LogP contribution in [-0.4, -0.2) is 33.5 Å². The summed E-state index contributed by atoms with van der Waals surface area (Å²) in [5.41, 5.74) is 2.19. The summed E-state index contributed by atoms with van der Waals surface area (Å²) in [6, 6.07) is 8.04. The monoisotopic (exact) mass is 352 g/mol. The summed E-state index contributed by atoms with van der Waals surface area (Å²) < 4.78 is 0.778. The molecule has 0 spiro atoms. The minimum atomic E-state index is -0.217. The molecule has 0 heterocycles. The molecule has 0 radical (unpaired) electrons. The highest BCUT2D eigenvalue weighted by atomic mass is 32.2. The van der Waals surface area contributed by atoms with Crippen LogP contribution in [0.25, 0.3) is 0 Å². The van der Waals surface area contributed by atoms with Crippen molar-refractivity contribution in [2.45, 2.75) is 52.2 Å². The van der Waals surface area contributed by atoms with Crippen LogP contribution in [0.15, 0.2) is 24.3 Å². The zero-order valence-electron chi connectivity index (χ0n) is 15.0. The molecule has 1 rings (SSSR count). The lowest BCUT2D eigenvalue weighted by Crippen LogP contribution is -2.31. The van der Waals surface area contributed by atoms with Crippen LogP contribution in [0.4, 0.5) is 5.69 Å². The van der Waals surface area contributed by atoms with Crippen LogP contribution in [0.1, 0.15) is 47.1 Å². The van der Waals surface area contributed by atoms with E-state index in [0.29, 0.717) is 0 Å². The number of carbonyl (C=O) groups excluding carboxylic acids is 1. The zero-order chi connectivity index (χ0) is 17.6. The highest BCUT2D eigenvalue weighted by Crippen LogP contribution is 2.24. The van der Waals surface area contributed by atoms with Gasteiger partial charge in [0.15, 0.2) is 0 Å². The second-order valence-electron chi connectivity index (χ2n) is 6.51. The molecule has 1 amide bonds. The number of nitrogens with zero attached hydrogens (tertiary/aromatic N) is 1. The number of anilines is 1. The molecule has 128 valence electrons. The Kier molecular flexibility index (Phi) is 7.55. The molecular weight excluding hydrogens is 324 g/mol. The van der Waals surface area contributed by atoms with Crippen LogP contribution in [0, 0.1) is 0 Å². The molecule has 0 aromatic heterocycles. The molecule has 1 aromatic carbocycles. The molecule has 0 fully saturated rings. The topological polar surface area (TPSA) is 32.3 Å². The Hall–Kier alpha value is -1.07. The lowest BCUT2D eigenvalue weighted by atomic mass is 9.87. The molecule has 5 heteroatoms. The van der Waals surface area contributed by atoms with Crippen LogP contribution in [0.2, 0.25) is 0 Å². The lowest BCUT2D eigenvalue weighted by Gasteiger charge is -2.23. The second kappa shape index (κ2) is 8.69. The van der Waals surface area contributed by atoms with Crippen molar-refractivity contribution in [1.29, 1.82) is 0 Å². The Bertz CT molecular complexity index is 531. The van der Waals surface area contributed by atoms with Gasteiger partial charge in [-0.3, -0.25) is 4.79 Å². The molecule has 0 saturated heterocycles. The lowest BCUT2D eigenvalue weighted by molar-refractivity contribution is -0.115. The van der Waals surface area contributed by atoms with Crippen LogP contribution < -0.4 is 5.32 Å². The molecule has 0 bridgehead atoms. The number of nitrogens with one attached hydrogen (secondary N) is 1. The number of hydrogen-bond donors (Lipinski definition) is 1. The van der Waals surface area contributed by atoms with Crippen molar-refractivity contribution >= 4 is 39.9 Å². The highest BCUT2D eigenvalue weighted by molar-refractivity contribution is 8.23. The minimum absolute atomic E-state index is 0.0204. The van der Waals surface area contributed by atoms with Gasteiger partial charge in [0.1, 0.15) is 4.32 Å². The zero-order valence-corrected chi connectivity index (χ0v) is 16.6. The summed E-state index contributed by atoms with van der Waals surface area (Å²) in [6.45, 7) is 14.3. The van der Waals surface area contributed by atoms with Crippen molar-refractivity contribution in [1.82, 2.24) is 4.90 Å². The fraction of sp³-hybridized carbons (Fsp3) is 0.556. The first kappa shape index (κ1) is 20.0. The molecule has 0 aliphatic carbocycles. The van der Waals surface area contributed by atoms with E-state index in [1.165, 1.54) is 17.3 Å². The summed E-state index contributed by atoms with van der Waals surface area (Å²) in [7, 11) is 0. The predicted molar refractivity (Wildman–Crippen MR) is 106 cm³/mol. The maximum absolute atomic E-state index is 12.3. The average Bonchev–Trinajstić information content (AvgIpc) is 2.48. The van der Waals surface area contributed by atoms with Gasteiger partial charge in [-0.05, 0) is 43.9 Å². The largest absolute Gasteiger partial charge is 0.358 e. The SMILES string of the molecule is CCN(CC)C(=S)S[C@H](C)C(=O)Nc1ccc(C(C)(C)C)cc1. The molecule has 3 nitrogen and oxygen atoms in total. The molecule has 0 saturated carbocycles. The van der Waals surface area contributed by atoms with E-state index in [1.807, 2.05) is 19.1 Å². The van der Waals surface area contributed by atoms with Crippen molar-refractivity contribution < 1.29 is 4.79 Å². The molecule has 0 aliphatic rings. The first-order chi connectivity index (χ1) is 10.7. The van der Waals surface area contributed by atoms with E-state index >= 15 is 0 Å². The Morgan fingerprint density at radius 2 is 1.74 bits per heavy atom. The van der Waals surface area contributed by atoms with Crippen LogP contribution in [0.5, 0.6) is 0 Å². The third-order valence-electron chi connectivity index (χ3n) is 3.69. The van der Waals surface area contributed by atoms with Crippen molar-refractivity contribution in [3.63, 3.8) is 0 Å². The molecule has 23 heavy (non-hydrogen) atoms. The molecule has 0 aliphatic heterocycles. The number of hydrogen-bond acceptors (Lipinski definition) is 3. The van der Waals surface area contributed by atoms with Crippen molar-refractivity contribution in [3.05, 3.63) is 29.8 Å². The number of amides is 1. The fourth-order valence-corrected chi connectivity index (χ4v) is 3.63. The van der Waals surface area contributed by atoms with Crippen LogP contribution in [-0.2, 0) is 10.2 Å². The molecule has 1 atom stereocenters. The van der Waals surface area contributed by atoms with E-state index in [0.717, 1.165) is 23.1 Å². The summed E-state index contributed by atoms with van der Waals surface area (Å²) >= 11 is 6.84. The summed E-state index contributed by atoms with van der Waals surface area (Å²) in [6.07, 6.45) is 0. The standard InChI is InChI=1S/C18H28N2OS2/c1-7-20(8-2)17(22)23-13(3)16(21)19-15-11-9-14(10-12-15)18(4,5)6/h9-13H,7-8H2,1-6H3,(H,19,21)/t13-/m1/s1. The number of thiocarbonyl (C=S) groups is 1. The van der Waals surface area contributed by atoms with E-state index in [1.54, 1.807) is 0 Å². The Morgan fingerprint density at radius 1 is 1.22 bits per heavy atom. The van der Waals surface area contributed by atoms with E-state index in [-0.39, 0.29) is 16.6 Å². The minimum Gasteiger partial charge on any atom is -0.358 e. The number of thioether (sulfide) groups is 1. The maximum Gasteiger partial charge on any atom is 0.237 e. The Labute approximate surface area is 150 Å². The number of benzene rings is 1. The summed E-state index contributed by atoms with van der Waals surface area (Å²) in [5, 5.41) is 2.75. The maximum atomic E-state index is 12.3. The van der Waals surface area contributed by atoms with Gasteiger partial charge in [-0.2, -0.15) is 0 Å². The quantitative estimate of drug-likeness (QED) is 0.781. The van der Waals surface area contributed by atoms with Crippen molar-refractivity contribution in [3.8, 4) is 0 Å². The normalized spacial score (nSPS) is 12.6. The predicted octanol–water partition coefficient (Wildman–Crippen LogP) is 4.67. The van der Waals surface area contributed by atoms with Gasteiger partial charge in [-0.15, -0.1) is 0 Å². The van der Waals surface area contributed by atoms with E-state index in [9.17, 15) is 4.79 Å². The average molecular weight is 353 g/mol. The van der Waals surface area contributed by atoms with Crippen LogP contribution >= 0.6 is 24.0 Å². The van der Waals surface area contributed by atoms with Gasteiger partial charge in [0.2, 0.25) is 5.91 Å². The second-order valence-corrected chi connectivity index (χ2v) is 8.49. The number of rotatable bonds is 5. The Balaban J connectivity index is 2.63. The van der Waals surface area contributed by atoms with Gasteiger partial charge in [0.25, 0.3) is 0 Å². The Morgan fingerprint density at radius 3 is 2.17 bits per heavy atom. The van der Waals surface area contributed by atoms with E-state index in [4.69, 9.17) is 12.2 Å². The third-order valence-corrected chi connectivity index (χ3v) is 5.26. The molecular formula is C18H28N2OS2. The van der Waals surface area contributed by atoms with Gasteiger partial charge < -0.3 is 10.2 Å². The molecule has 1 N–H and O–H groups in total. The first-order valence-electron chi connectivity index (χ1n) is 8.06. The summed E-state index contributed by atoms with van der Waals surface area (Å²) in [4.78, 5) is 14.4. The first-order valence-corrected chi connectivity index (χ1v) is 9.34. The number of carbonyl (C=O) groups is 1. The van der Waals surface area contributed by atoms with Gasteiger partial charge in [0.05, 0.1) is 5.25 Å². The van der Waals surface area contributed by atoms with Crippen molar-refractivity contribution in [2.75, 3.05) is 18.4 Å². The van der Waals surface area contributed by atoms with Crippen molar-refractivity contribution in [2.24, 2.45) is 0 Å². The van der Waals surface area contributed by atoms with Gasteiger partial charge in [-0.1, -0.05) is 56.9 Å². The van der Waals surface area contributed by atoms with Gasteiger partial charge in [0, 0.05) is 18.8 Å². The van der Waals surface area contributed by atoms with E-state index < -0.39 is 0 Å². The third kappa shape index (κ3) is 6.15. The van der Waals surface area contributed by atoms with E-state index in [2.05, 4.69) is 57.0 Å². The smallest absolute Gasteiger partial charge is 0.237 e. The highest BCUT2D eigenvalue weighted by Gasteiger charge is 2.19. The molecule has 1 aromatic rings. The van der Waals surface area contributed by atoms with Crippen LogP contribution in [0.3, 0.4) is 0 Å². The van der Waals surface area contributed by atoms with Gasteiger partial charge in [-0.25, -0.2) is 0 Å². The van der Waals surface area contributed by atoms with Gasteiger partial charge >= 0.3 is 0 Å². The summed E-state index contributed by atoms with van der Waals surface area (Å²) in [5.74, 6) is -0.0204. The fourth-order valence-electron chi connectivity index (χ4n) is 2.06.